The van der Waals surface area contributed by atoms with Crippen molar-refractivity contribution in [3.63, 3.8) is 0 Å². The second kappa shape index (κ2) is 20.3. The minimum atomic E-state index is -0.559. The Bertz CT molecular complexity index is 3530. The molecule has 2 saturated carbocycles. The van der Waals surface area contributed by atoms with E-state index in [1.54, 1.807) is 55.4 Å². The Hall–Kier alpha value is -9.08. The highest BCUT2D eigenvalue weighted by atomic mass is 19.1. The van der Waals surface area contributed by atoms with Crippen molar-refractivity contribution in [3.8, 4) is 22.9 Å². The summed E-state index contributed by atoms with van der Waals surface area (Å²) in [6, 6.07) is 14.8. The molecule has 0 spiro atoms. The summed E-state index contributed by atoms with van der Waals surface area (Å²) in [6.07, 6.45) is 19.9. The van der Waals surface area contributed by atoms with Crippen LogP contribution in [0, 0.1) is 39.3 Å². The zero-order chi connectivity index (χ0) is 52.8. The third-order valence-corrected chi connectivity index (χ3v) is 13.8. The van der Waals surface area contributed by atoms with Crippen LogP contribution >= 0.6 is 0 Å². The molecule has 0 atom stereocenters. The first-order valence-corrected chi connectivity index (χ1v) is 24.9. The van der Waals surface area contributed by atoms with Crippen LogP contribution in [-0.2, 0) is 26.2 Å². The Balaban J connectivity index is 0.000000162. The zero-order valence-corrected chi connectivity index (χ0v) is 42.7. The molecule has 2 amide bonds. The van der Waals surface area contributed by atoms with Gasteiger partial charge in [0, 0.05) is 61.4 Å². The third-order valence-electron chi connectivity index (χ3n) is 13.8. The fraction of sp³-hybridized carbons (Fsp3) is 0.296. The van der Waals surface area contributed by atoms with Crippen molar-refractivity contribution in [1.29, 1.82) is 0 Å². The molecule has 388 valence electrons. The SMILES string of the molecule is COc1ccc(-n2cc(C)c(C)n2)c(CNC(=O)c2cn(Cc3cn4cc(C5CC5)ccc4n3)nn2)c1F.COc1ccc(-n2cc(C)c(C)n2)c(CNC(=O)c2cn(Cc3cn4cc(C5CC5)ccc4n3)nn2)c1F. The fourth-order valence-electron chi connectivity index (χ4n) is 9.00. The number of rotatable bonds is 16. The van der Waals surface area contributed by atoms with Crippen LogP contribution in [0.5, 0.6) is 11.5 Å². The molecule has 10 aromatic rings. The number of benzene rings is 2. The molecule has 0 aliphatic heterocycles. The number of fused-ring (bicyclic) bond motifs is 2. The summed E-state index contributed by atoms with van der Waals surface area (Å²) in [5, 5.41) is 30.6. The zero-order valence-electron chi connectivity index (χ0n) is 42.7. The molecule has 22 heteroatoms. The maximum absolute atomic E-state index is 15.2. The van der Waals surface area contributed by atoms with Crippen molar-refractivity contribution >= 4 is 23.1 Å². The fourth-order valence-corrected chi connectivity index (χ4v) is 9.00. The lowest BCUT2D eigenvalue weighted by Crippen LogP contribution is -2.25. The van der Waals surface area contributed by atoms with Crippen LogP contribution < -0.4 is 20.1 Å². The van der Waals surface area contributed by atoms with E-state index in [4.69, 9.17) is 9.47 Å². The number of amides is 2. The number of nitrogens with one attached hydrogen (secondary N) is 2. The molecular weight excluding hydrogens is 975 g/mol. The van der Waals surface area contributed by atoms with Crippen LogP contribution in [-0.4, -0.2) is 94.4 Å². The van der Waals surface area contributed by atoms with Gasteiger partial charge in [-0.2, -0.15) is 10.2 Å². The van der Waals surface area contributed by atoms with Crippen molar-refractivity contribution in [1.82, 2.24) is 79.0 Å². The normalized spacial score (nSPS) is 13.3. The number of halogens is 2. The lowest BCUT2D eigenvalue weighted by Gasteiger charge is -2.14. The van der Waals surface area contributed by atoms with E-state index in [-0.39, 0.29) is 47.1 Å². The van der Waals surface area contributed by atoms with Gasteiger partial charge in [-0.15, -0.1) is 10.2 Å². The predicted octanol–water partition coefficient (Wildman–Crippen LogP) is 7.46. The van der Waals surface area contributed by atoms with Crippen molar-refractivity contribution in [2.24, 2.45) is 0 Å². The standard InChI is InChI=1S/2C27H27FN8O2/c2*1-16-11-36(32-17(16)2)23-7-8-24(38-3)26(28)21(23)10-29-27(37)22-15-35(33-31-22)14-20-13-34-12-19(18-4-5-18)6-9-25(34)30-20/h2*6-9,11-13,15,18H,4-5,10,14H2,1-3H3,(H,29,37). The van der Waals surface area contributed by atoms with E-state index in [0.717, 1.165) is 45.2 Å². The average molecular weight is 1030 g/mol. The number of methoxy groups -OCH3 is 2. The molecule has 2 aliphatic carbocycles. The largest absolute Gasteiger partial charge is 0.494 e. The molecule has 8 heterocycles. The molecule has 2 N–H and O–H groups in total. The van der Waals surface area contributed by atoms with Gasteiger partial charge in [-0.25, -0.2) is 37.5 Å². The molecule has 2 aliphatic rings. The van der Waals surface area contributed by atoms with Crippen molar-refractivity contribution in [3.05, 3.63) is 177 Å². The van der Waals surface area contributed by atoms with Gasteiger partial charge in [-0.1, -0.05) is 22.6 Å². The molecule has 0 unspecified atom stereocenters. The van der Waals surface area contributed by atoms with Crippen LogP contribution in [0.25, 0.3) is 22.7 Å². The van der Waals surface area contributed by atoms with E-state index in [2.05, 4.69) is 75.9 Å². The highest BCUT2D eigenvalue weighted by molar-refractivity contribution is 5.92. The molecule has 8 aromatic heterocycles. The Morgan fingerprint density at radius 3 is 1.36 bits per heavy atom. The number of nitrogens with zero attached hydrogens (tertiary/aromatic N) is 14. The minimum absolute atomic E-state index is 0.0845. The first-order chi connectivity index (χ1) is 36.8. The molecular formula is C54H54F2N16O4. The summed E-state index contributed by atoms with van der Waals surface area (Å²) < 4.78 is 51.1. The van der Waals surface area contributed by atoms with Crippen LogP contribution in [0.1, 0.15) is 115 Å². The summed E-state index contributed by atoms with van der Waals surface area (Å²) >= 11 is 0. The van der Waals surface area contributed by atoms with Crippen LogP contribution in [0.15, 0.2) is 98.1 Å². The third kappa shape index (κ3) is 10.2. The second-order valence-electron chi connectivity index (χ2n) is 19.3. The monoisotopic (exact) mass is 1030 g/mol. The number of aromatic nitrogens is 14. The number of ether oxygens (including phenoxy) is 2. The molecule has 0 radical (unpaired) electrons. The van der Waals surface area contributed by atoms with Gasteiger partial charge in [0.25, 0.3) is 11.8 Å². The number of carbonyl (C=O) groups is 2. The Morgan fingerprint density at radius 1 is 0.566 bits per heavy atom. The van der Waals surface area contributed by atoms with E-state index in [1.807, 2.05) is 73.4 Å². The lowest BCUT2D eigenvalue weighted by atomic mass is 10.1. The Morgan fingerprint density at radius 2 is 0.987 bits per heavy atom. The molecule has 76 heavy (non-hydrogen) atoms. The van der Waals surface area contributed by atoms with E-state index in [9.17, 15) is 9.59 Å². The van der Waals surface area contributed by atoms with Gasteiger partial charge in [0.2, 0.25) is 0 Å². The highest BCUT2D eigenvalue weighted by Crippen LogP contribution is 2.41. The predicted molar refractivity (Wildman–Crippen MR) is 274 cm³/mol. The average Bonchev–Trinajstić information content (AvgIpc) is 4.10. The van der Waals surface area contributed by atoms with Crippen molar-refractivity contribution in [2.45, 2.75) is 91.4 Å². The van der Waals surface area contributed by atoms with E-state index >= 15 is 8.78 Å². The lowest BCUT2D eigenvalue weighted by molar-refractivity contribution is 0.0937. The smallest absolute Gasteiger partial charge is 0.273 e. The molecule has 20 nitrogen and oxygen atoms in total. The Labute approximate surface area is 434 Å². The van der Waals surface area contributed by atoms with Crippen molar-refractivity contribution < 1.29 is 27.8 Å². The molecule has 0 bridgehead atoms. The summed E-state index contributed by atoms with van der Waals surface area (Å²) in [5.41, 5.74) is 11.4. The van der Waals surface area contributed by atoms with Crippen LogP contribution in [0.2, 0.25) is 0 Å². The topological polar surface area (TPSA) is 208 Å². The maximum Gasteiger partial charge on any atom is 0.273 e. The maximum atomic E-state index is 15.2. The van der Waals surface area contributed by atoms with E-state index in [0.29, 0.717) is 36.3 Å². The summed E-state index contributed by atoms with van der Waals surface area (Å²) in [5.74, 6) is -0.565. The first kappa shape index (κ1) is 49.1. The number of aryl methyl sites for hydroxylation is 4. The number of hydrogen-bond donors (Lipinski definition) is 2. The first-order valence-electron chi connectivity index (χ1n) is 24.9. The van der Waals surface area contributed by atoms with Crippen LogP contribution in [0.3, 0.4) is 0 Å². The molecule has 0 saturated heterocycles. The number of carbonyl (C=O) groups excluding carboxylic acids is 2. The number of pyridine rings is 2. The van der Waals surface area contributed by atoms with Crippen LogP contribution in [0.4, 0.5) is 8.78 Å². The Kier molecular flexibility index (Phi) is 13.1. The second-order valence-corrected chi connectivity index (χ2v) is 19.3. The summed E-state index contributed by atoms with van der Waals surface area (Å²) in [4.78, 5) is 35.0. The summed E-state index contributed by atoms with van der Waals surface area (Å²) in [6.45, 7) is 8.20. The number of hydrogen-bond acceptors (Lipinski definition) is 12. The quantitative estimate of drug-likeness (QED) is 0.0967. The summed E-state index contributed by atoms with van der Waals surface area (Å²) in [7, 11) is 2.80. The van der Waals surface area contributed by atoms with Gasteiger partial charge in [0.15, 0.2) is 34.5 Å². The van der Waals surface area contributed by atoms with Gasteiger partial charge < -0.3 is 28.9 Å². The van der Waals surface area contributed by atoms with E-state index in [1.165, 1.54) is 51.0 Å². The molecule has 2 fully saturated rings. The van der Waals surface area contributed by atoms with E-state index < -0.39 is 23.4 Å². The van der Waals surface area contributed by atoms with Crippen molar-refractivity contribution in [2.75, 3.05) is 14.2 Å². The van der Waals surface area contributed by atoms with Gasteiger partial charge >= 0.3 is 0 Å². The van der Waals surface area contributed by atoms with Gasteiger partial charge in [-0.3, -0.25) is 9.59 Å². The van der Waals surface area contributed by atoms with Gasteiger partial charge in [0.1, 0.15) is 11.3 Å². The molecule has 12 rings (SSSR count). The molecule has 2 aromatic carbocycles. The van der Waals surface area contributed by atoms with Gasteiger partial charge in [0.05, 0.1) is 73.9 Å². The van der Waals surface area contributed by atoms with Gasteiger partial charge in [-0.05, 0) is 124 Å². The number of imidazole rings is 2. The minimum Gasteiger partial charge on any atom is -0.494 e. The highest BCUT2D eigenvalue weighted by Gasteiger charge is 2.26.